The predicted octanol–water partition coefficient (Wildman–Crippen LogP) is 3.45. The van der Waals surface area contributed by atoms with E-state index in [0.29, 0.717) is 36.4 Å². The van der Waals surface area contributed by atoms with E-state index in [0.717, 1.165) is 28.3 Å². The molecule has 4 rings (SSSR count). The maximum absolute atomic E-state index is 13.0. The van der Waals surface area contributed by atoms with Gasteiger partial charge in [-0.15, -0.1) is 11.3 Å². The second-order valence-corrected chi connectivity index (χ2v) is 9.98. The number of thiazole rings is 1. The molecular weight excluding hydrogens is 509 g/mol. The molecule has 0 aliphatic heterocycles. The van der Waals surface area contributed by atoms with Crippen LogP contribution in [-0.4, -0.2) is 44.5 Å². The van der Waals surface area contributed by atoms with E-state index in [4.69, 9.17) is 10.8 Å². The molecule has 2 aromatic heterocycles. The number of rotatable bonds is 7. The van der Waals surface area contributed by atoms with Gasteiger partial charge in [-0.2, -0.15) is 13.2 Å². The maximum atomic E-state index is 13.0. The largest absolute Gasteiger partial charge is 0.433 e. The number of nitrogens with zero attached hydrogens (tertiary/aromatic N) is 3. The first-order chi connectivity index (χ1) is 17.5. The van der Waals surface area contributed by atoms with Gasteiger partial charge in [-0.3, -0.25) is 9.59 Å². The molecular formula is C24H25F3N6O3S. The molecule has 0 bridgehead atoms. The Kier molecular flexibility index (Phi) is 7.46. The molecule has 0 radical (unpaired) electrons. The van der Waals surface area contributed by atoms with Crippen LogP contribution in [0.25, 0.3) is 10.4 Å². The highest BCUT2D eigenvalue weighted by atomic mass is 32.1. The highest BCUT2D eigenvalue weighted by Crippen LogP contribution is 2.43. The quantitative estimate of drug-likeness (QED) is 0.364. The average Bonchev–Trinajstić information content (AvgIpc) is 3.34. The zero-order valence-corrected chi connectivity index (χ0v) is 20.6. The summed E-state index contributed by atoms with van der Waals surface area (Å²) in [5.74, 6) is -1.14. The van der Waals surface area contributed by atoms with E-state index in [2.05, 4.69) is 25.6 Å². The Morgan fingerprint density at radius 2 is 1.95 bits per heavy atom. The number of carbonyl (C=O) groups excluding carboxylic acids is 2. The summed E-state index contributed by atoms with van der Waals surface area (Å²) in [6, 6.07) is 6.03. The van der Waals surface area contributed by atoms with Crippen molar-refractivity contribution in [2.24, 2.45) is 5.73 Å². The number of nitrogens with one attached hydrogen (secondary N) is 2. The number of hydrogen-bond acceptors (Lipinski definition) is 8. The molecule has 3 aromatic rings. The van der Waals surface area contributed by atoms with Gasteiger partial charge in [0.2, 0.25) is 17.8 Å². The highest BCUT2D eigenvalue weighted by Gasteiger charge is 2.44. The Labute approximate surface area is 214 Å². The van der Waals surface area contributed by atoms with Crippen molar-refractivity contribution in [2.75, 3.05) is 11.9 Å². The van der Waals surface area contributed by atoms with Gasteiger partial charge >= 0.3 is 6.18 Å². The zero-order chi connectivity index (χ0) is 26.8. The standard InChI is InChI=1S/C24H25F3N6O3S/c1-13-8-14(10-16(9-13)32-22-29-7-4-18(33-22)24(25,26)27)17-11-30-21(37-17)23(20(28)36)5-2-15(3-6-23)31-19(35)12-34/h4,7-11,15,34H,2-3,5-6,12H2,1H3,(H2,28,36)(H,31,35)(H,29,32,33)/t15-,23-. The topological polar surface area (TPSA) is 143 Å². The highest BCUT2D eigenvalue weighted by molar-refractivity contribution is 7.15. The smallest absolute Gasteiger partial charge is 0.387 e. The summed E-state index contributed by atoms with van der Waals surface area (Å²) in [6.45, 7) is 1.25. The van der Waals surface area contributed by atoms with Crippen molar-refractivity contribution >= 4 is 34.8 Å². The van der Waals surface area contributed by atoms with Crippen LogP contribution in [0.15, 0.2) is 36.7 Å². The normalized spacial score (nSPS) is 19.9. The summed E-state index contributed by atoms with van der Waals surface area (Å²) in [5, 5.41) is 15.1. The van der Waals surface area contributed by atoms with Gasteiger partial charge in [-0.05, 0) is 61.9 Å². The second-order valence-electron chi connectivity index (χ2n) is 8.95. The van der Waals surface area contributed by atoms with E-state index in [1.807, 2.05) is 13.0 Å². The number of hydrogen-bond donors (Lipinski definition) is 4. The monoisotopic (exact) mass is 534 g/mol. The Morgan fingerprint density at radius 1 is 1.22 bits per heavy atom. The van der Waals surface area contributed by atoms with Gasteiger partial charge in [-0.25, -0.2) is 15.0 Å². The Balaban J connectivity index is 1.57. The molecule has 1 fully saturated rings. The lowest BCUT2D eigenvalue weighted by Gasteiger charge is -2.36. The number of aryl methyl sites for hydroxylation is 1. The van der Waals surface area contributed by atoms with Crippen molar-refractivity contribution in [1.82, 2.24) is 20.3 Å². The number of primary amides is 1. The third kappa shape index (κ3) is 5.88. The molecule has 196 valence electrons. The average molecular weight is 535 g/mol. The number of nitrogens with two attached hydrogens (primary N) is 1. The molecule has 2 heterocycles. The number of halogens is 3. The fourth-order valence-electron chi connectivity index (χ4n) is 4.43. The van der Waals surface area contributed by atoms with Gasteiger partial charge in [0.05, 0.1) is 4.88 Å². The second kappa shape index (κ2) is 10.4. The van der Waals surface area contributed by atoms with Gasteiger partial charge in [0.25, 0.3) is 0 Å². The predicted molar refractivity (Wildman–Crippen MR) is 131 cm³/mol. The van der Waals surface area contributed by atoms with Crippen LogP contribution in [0.4, 0.5) is 24.8 Å². The molecule has 5 N–H and O–H groups in total. The number of alkyl halides is 3. The molecule has 9 nitrogen and oxygen atoms in total. The van der Waals surface area contributed by atoms with E-state index in [1.165, 1.54) is 11.3 Å². The molecule has 0 spiro atoms. The van der Waals surface area contributed by atoms with Crippen LogP contribution in [0.3, 0.4) is 0 Å². The SMILES string of the molecule is Cc1cc(Nc2nccc(C(F)(F)F)n2)cc(-c2cnc([C@]3(C(N)=O)CC[C@@H](NC(=O)CO)CC3)s2)c1. The van der Waals surface area contributed by atoms with E-state index >= 15 is 0 Å². The minimum absolute atomic E-state index is 0.157. The summed E-state index contributed by atoms with van der Waals surface area (Å²) < 4.78 is 39.0. The van der Waals surface area contributed by atoms with Crippen LogP contribution < -0.4 is 16.4 Å². The first-order valence-electron chi connectivity index (χ1n) is 11.5. The summed E-state index contributed by atoms with van der Waals surface area (Å²) in [4.78, 5) is 36.8. The number of benzene rings is 1. The first-order valence-corrected chi connectivity index (χ1v) is 12.3. The fourth-order valence-corrected chi connectivity index (χ4v) is 5.58. The number of anilines is 2. The Bertz CT molecular complexity index is 1300. The van der Waals surface area contributed by atoms with Gasteiger partial charge in [0.1, 0.15) is 22.7 Å². The van der Waals surface area contributed by atoms with Crippen LogP contribution in [0.1, 0.15) is 41.9 Å². The van der Waals surface area contributed by atoms with Crippen LogP contribution in [0.2, 0.25) is 0 Å². The summed E-state index contributed by atoms with van der Waals surface area (Å²) >= 11 is 1.32. The molecule has 1 aliphatic rings. The number of aliphatic hydroxyl groups excluding tert-OH is 1. The van der Waals surface area contributed by atoms with E-state index in [-0.39, 0.29) is 12.0 Å². The number of aromatic nitrogens is 3. The van der Waals surface area contributed by atoms with Gasteiger partial charge in [0.15, 0.2) is 0 Å². The minimum atomic E-state index is -4.59. The van der Waals surface area contributed by atoms with Gasteiger partial charge in [-0.1, -0.05) is 6.07 Å². The minimum Gasteiger partial charge on any atom is -0.387 e. The van der Waals surface area contributed by atoms with Crippen molar-refractivity contribution in [3.63, 3.8) is 0 Å². The van der Waals surface area contributed by atoms with Crippen LogP contribution in [0, 0.1) is 6.92 Å². The lowest BCUT2D eigenvalue weighted by molar-refractivity contribution is -0.141. The van der Waals surface area contributed by atoms with Crippen LogP contribution >= 0.6 is 11.3 Å². The molecule has 0 atom stereocenters. The van der Waals surface area contributed by atoms with Crippen molar-refractivity contribution in [2.45, 2.75) is 50.2 Å². The van der Waals surface area contributed by atoms with Gasteiger partial charge < -0.3 is 21.5 Å². The third-order valence-corrected chi connectivity index (χ3v) is 7.55. The molecule has 13 heteroatoms. The number of amides is 2. The zero-order valence-electron chi connectivity index (χ0n) is 19.8. The number of carbonyl (C=O) groups is 2. The molecule has 0 unspecified atom stereocenters. The van der Waals surface area contributed by atoms with Crippen molar-refractivity contribution in [3.05, 3.63) is 52.9 Å². The van der Waals surface area contributed by atoms with E-state index < -0.39 is 35.7 Å². The third-order valence-electron chi connectivity index (χ3n) is 6.30. The molecule has 1 aromatic carbocycles. The molecule has 2 amide bonds. The van der Waals surface area contributed by atoms with E-state index in [1.54, 1.807) is 18.3 Å². The Morgan fingerprint density at radius 3 is 2.59 bits per heavy atom. The maximum Gasteiger partial charge on any atom is 0.433 e. The molecule has 1 saturated carbocycles. The van der Waals surface area contributed by atoms with Crippen LogP contribution in [0.5, 0.6) is 0 Å². The Hall–Kier alpha value is -3.58. The summed E-state index contributed by atoms with van der Waals surface area (Å²) in [7, 11) is 0. The van der Waals surface area contributed by atoms with E-state index in [9.17, 15) is 22.8 Å². The van der Waals surface area contributed by atoms with Crippen LogP contribution in [-0.2, 0) is 21.2 Å². The summed E-state index contributed by atoms with van der Waals surface area (Å²) in [6.07, 6.45) is -0.0755. The number of aliphatic hydroxyl groups is 1. The summed E-state index contributed by atoms with van der Waals surface area (Å²) in [5.41, 5.74) is 5.89. The van der Waals surface area contributed by atoms with Crippen molar-refractivity contribution in [3.8, 4) is 10.4 Å². The van der Waals surface area contributed by atoms with Crippen molar-refractivity contribution < 1.29 is 27.9 Å². The lowest BCUT2D eigenvalue weighted by atomic mass is 9.72. The molecule has 37 heavy (non-hydrogen) atoms. The van der Waals surface area contributed by atoms with Gasteiger partial charge in [0, 0.05) is 24.1 Å². The fraction of sp³-hybridized carbons (Fsp3) is 0.375. The lowest BCUT2D eigenvalue weighted by Crippen LogP contribution is -2.48. The molecule has 0 saturated heterocycles. The van der Waals surface area contributed by atoms with Crippen molar-refractivity contribution in [1.29, 1.82) is 0 Å². The molecule has 1 aliphatic carbocycles. The first kappa shape index (κ1) is 26.5.